The van der Waals surface area contributed by atoms with Gasteiger partial charge in [-0.15, -0.1) is 0 Å². The molecule has 0 bridgehead atoms. The standard InChI is InChI=1S/C22H24N2O2.C2H3N3/c1-16-7-2-4-10-19(16)22(25)24-14-6-9-18(15-24)26-21-20-11-5-3-8-17(20)12-13-23-21;1-3-2-5-4-1/h2-5,7-8,10-13,18,22,25H,6,9,14-15H2,1H3;1-2H,(H,3,4,5). The number of nitrogens with one attached hydrogen (secondary N) is 1. The normalized spacial score (nSPS) is 17.5. The smallest absolute Gasteiger partial charge is 0.221 e. The Kier molecular flexibility index (Phi) is 6.86. The maximum absolute atomic E-state index is 10.8. The highest BCUT2D eigenvalue weighted by Gasteiger charge is 2.27. The summed E-state index contributed by atoms with van der Waals surface area (Å²) in [5, 5.41) is 19.0. The Morgan fingerprint density at radius 2 is 1.97 bits per heavy atom. The number of ether oxygens (including phenoxy) is 1. The number of aliphatic hydroxyl groups is 1. The van der Waals surface area contributed by atoms with Crippen molar-refractivity contribution >= 4 is 10.8 Å². The molecule has 7 nitrogen and oxygen atoms in total. The molecule has 5 rings (SSSR count). The topological polar surface area (TPSA) is 87.2 Å². The first kappa shape index (κ1) is 21.0. The fourth-order valence-corrected chi connectivity index (χ4v) is 3.87. The molecule has 7 heteroatoms. The molecule has 2 unspecified atom stereocenters. The van der Waals surface area contributed by atoms with E-state index >= 15 is 0 Å². The van der Waals surface area contributed by atoms with Gasteiger partial charge in [0.2, 0.25) is 5.88 Å². The Bertz CT molecular complexity index is 1060. The van der Waals surface area contributed by atoms with Gasteiger partial charge in [0, 0.05) is 24.7 Å². The van der Waals surface area contributed by atoms with E-state index in [9.17, 15) is 5.11 Å². The molecule has 2 aromatic carbocycles. The molecule has 1 fully saturated rings. The van der Waals surface area contributed by atoms with Crippen LogP contribution in [0.2, 0.25) is 0 Å². The molecule has 1 saturated heterocycles. The third kappa shape index (κ3) is 5.25. The van der Waals surface area contributed by atoms with E-state index in [0.29, 0.717) is 12.4 Å². The number of hydrogen-bond acceptors (Lipinski definition) is 6. The summed E-state index contributed by atoms with van der Waals surface area (Å²) in [7, 11) is 0. The van der Waals surface area contributed by atoms with Crippen LogP contribution in [0.4, 0.5) is 0 Å². The van der Waals surface area contributed by atoms with E-state index in [1.165, 1.54) is 12.7 Å². The van der Waals surface area contributed by atoms with Crippen molar-refractivity contribution < 1.29 is 9.84 Å². The molecule has 160 valence electrons. The van der Waals surface area contributed by atoms with Crippen molar-refractivity contribution in [2.75, 3.05) is 13.1 Å². The summed E-state index contributed by atoms with van der Waals surface area (Å²) in [5.41, 5.74) is 2.08. The van der Waals surface area contributed by atoms with Crippen LogP contribution in [0.1, 0.15) is 30.2 Å². The lowest BCUT2D eigenvalue weighted by Gasteiger charge is -2.36. The molecule has 1 aliphatic heterocycles. The van der Waals surface area contributed by atoms with Gasteiger partial charge in [0.25, 0.3) is 0 Å². The van der Waals surface area contributed by atoms with Crippen LogP contribution in [0.3, 0.4) is 0 Å². The molecular formula is C24H27N5O2. The highest BCUT2D eigenvalue weighted by Crippen LogP contribution is 2.28. The molecule has 0 amide bonds. The second kappa shape index (κ2) is 10.1. The van der Waals surface area contributed by atoms with Crippen LogP contribution in [0.5, 0.6) is 5.88 Å². The fraction of sp³-hybridized carbons (Fsp3) is 0.292. The Balaban J connectivity index is 0.000000407. The van der Waals surface area contributed by atoms with E-state index in [0.717, 1.165) is 41.3 Å². The van der Waals surface area contributed by atoms with Crippen molar-refractivity contribution in [2.24, 2.45) is 0 Å². The molecule has 4 aromatic rings. The lowest BCUT2D eigenvalue weighted by atomic mass is 10.0. The molecule has 0 aliphatic carbocycles. The first-order chi connectivity index (χ1) is 15.2. The number of pyridine rings is 1. The maximum atomic E-state index is 10.8. The van der Waals surface area contributed by atoms with E-state index in [4.69, 9.17) is 4.74 Å². The van der Waals surface area contributed by atoms with Crippen molar-refractivity contribution in [3.8, 4) is 5.88 Å². The summed E-state index contributed by atoms with van der Waals surface area (Å²) in [6.07, 6.45) is 6.16. The number of aliphatic hydroxyl groups excluding tert-OH is 1. The SMILES string of the molecule is Cc1ccccc1C(O)N1CCCC(Oc2nccc3ccccc23)C1.c1nc[nH]n1. The van der Waals surface area contributed by atoms with Crippen LogP contribution >= 0.6 is 0 Å². The van der Waals surface area contributed by atoms with E-state index in [1.807, 2.05) is 55.5 Å². The number of aromatic nitrogens is 4. The van der Waals surface area contributed by atoms with Crippen LogP contribution in [-0.2, 0) is 0 Å². The van der Waals surface area contributed by atoms with Gasteiger partial charge in [-0.1, -0.05) is 42.5 Å². The van der Waals surface area contributed by atoms with Gasteiger partial charge in [0.15, 0.2) is 0 Å². The minimum Gasteiger partial charge on any atom is -0.473 e. The van der Waals surface area contributed by atoms with Gasteiger partial charge in [-0.3, -0.25) is 10.00 Å². The van der Waals surface area contributed by atoms with Crippen molar-refractivity contribution in [3.63, 3.8) is 0 Å². The maximum Gasteiger partial charge on any atom is 0.221 e. The molecule has 2 N–H and O–H groups in total. The molecular weight excluding hydrogens is 390 g/mol. The van der Waals surface area contributed by atoms with Crippen LogP contribution in [0.25, 0.3) is 10.8 Å². The second-order valence-electron chi connectivity index (χ2n) is 7.60. The Morgan fingerprint density at radius 3 is 2.74 bits per heavy atom. The summed E-state index contributed by atoms with van der Waals surface area (Å²) < 4.78 is 6.25. The Hall–Kier alpha value is -3.29. The molecule has 31 heavy (non-hydrogen) atoms. The molecule has 2 atom stereocenters. The number of rotatable bonds is 4. The van der Waals surface area contributed by atoms with Gasteiger partial charge in [-0.25, -0.2) is 9.97 Å². The zero-order valence-electron chi connectivity index (χ0n) is 17.6. The summed E-state index contributed by atoms with van der Waals surface area (Å²) >= 11 is 0. The molecule has 3 heterocycles. The largest absolute Gasteiger partial charge is 0.473 e. The molecule has 0 saturated carbocycles. The Morgan fingerprint density at radius 1 is 1.13 bits per heavy atom. The minimum absolute atomic E-state index is 0.0284. The fourth-order valence-electron chi connectivity index (χ4n) is 3.87. The predicted molar refractivity (Wildman–Crippen MR) is 119 cm³/mol. The van der Waals surface area contributed by atoms with E-state index in [2.05, 4.69) is 31.1 Å². The number of nitrogens with zero attached hydrogens (tertiary/aromatic N) is 4. The quantitative estimate of drug-likeness (QED) is 0.524. The number of aromatic amines is 1. The van der Waals surface area contributed by atoms with Gasteiger partial charge in [-0.05, 0) is 48.4 Å². The average molecular weight is 418 g/mol. The third-order valence-electron chi connectivity index (χ3n) is 5.47. The first-order valence-corrected chi connectivity index (χ1v) is 10.5. The summed E-state index contributed by atoms with van der Waals surface area (Å²) in [4.78, 5) is 10.1. The van der Waals surface area contributed by atoms with Crippen molar-refractivity contribution in [1.29, 1.82) is 0 Å². The van der Waals surface area contributed by atoms with Gasteiger partial charge in [-0.2, -0.15) is 5.10 Å². The summed E-state index contributed by atoms with van der Waals surface area (Å²) in [6.45, 7) is 3.61. The number of aryl methyl sites for hydroxylation is 1. The number of piperidine rings is 1. The van der Waals surface area contributed by atoms with E-state index in [-0.39, 0.29) is 6.10 Å². The van der Waals surface area contributed by atoms with Crippen molar-refractivity contribution in [1.82, 2.24) is 25.1 Å². The predicted octanol–water partition coefficient (Wildman–Crippen LogP) is 3.88. The number of fused-ring (bicyclic) bond motifs is 1. The second-order valence-corrected chi connectivity index (χ2v) is 7.60. The van der Waals surface area contributed by atoms with Gasteiger partial charge < -0.3 is 9.84 Å². The average Bonchev–Trinajstić information content (AvgIpc) is 3.40. The van der Waals surface area contributed by atoms with Gasteiger partial charge in [0.1, 0.15) is 25.0 Å². The first-order valence-electron chi connectivity index (χ1n) is 10.5. The number of hydrogen-bond donors (Lipinski definition) is 2. The zero-order valence-corrected chi connectivity index (χ0v) is 17.6. The lowest BCUT2D eigenvalue weighted by molar-refractivity contribution is -0.0405. The Labute approximate surface area is 181 Å². The number of H-pyrrole nitrogens is 1. The molecule has 1 aliphatic rings. The molecule has 2 aromatic heterocycles. The van der Waals surface area contributed by atoms with Crippen LogP contribution in [0, 0.1) is 6.92 Å². The summed E-state index contributed by atoms with van der Waals surface area (Å²) in [6, 6.07) is 18.1. The van der Waals surface area contributed by atoms with Crippen LogP contribution < -0.4 is 4.74 Å². The van der Waals surface area contributed by atoms with E-state index < -0.39 is 6.23 Å². The number of likely N-dealkylation sites (tertiary alicyclic amines) is 1. The molecule has 0 radical (unpaired) electrons. The molecule has 0 spiro atoms. The summed E-state index contributed by atoms with van der Waals surface area (Å²) in [5.74, 6) is 0.681. The van der Waals surface area contributed by atoms with Crippen LogP contribution in [0.15, 0.2) is 73.4 Å². The van der Waals surface area contributed by atoms with Gasteiger partial charge in [0.05, 0.1) is 0 Å². The monoisotopic (exact) mass is 417 g/mol. The third-order valence-corrected chi connectivity index (χ3v) is 5.47. The van der Waals surface area contributed by atoms with Crippen molar-refractivity contribution in [3.05, 3.63) is 84.6 Å². The van der Waals surface area contributed by atoms with Crippen molar-refractivity contribution in [2.45, 2.75) is 32.1 Å². The highest BCUT2D eigenvalue weighted by atomic mass is 16.5. The van der Waals surface area contributed by atoms with Crippen LogP contribution in [-0.4, -0.2) is 49.4 Å². The van der Waals surface area contributed by atoms with E-state index in [1.54, 1.807) is 6.20 Å². The number of benzene rings is 2. The zero-order chi connectivity index (χ0) is 21.5. The minimum atomic E-state index is -0.594. The van der Waals surface area contributed by atoms with Gasteiger partial charge >= 0.3 is 0 Å². The lowest BCUT2D eigenvalue weighted by Crippen LogP contribution is -2.43. The highest BCUT2D eigenvalue weighted by molar-refractivity contribution is 5.86.